The van der Waals surface area contributed by atoms with Gasteiger partial charge in [0.15, 0.2) is 5.78 Å². The summed E-state index contributed by atoms with van der Waals surface area (Å²) >= 11 is 0. The number of fused-ring (bicyclic) bond motifs is 1. The number of aryl methyl sites for hydroxylation is 1. The second kappa shape index (κ2) is 8.31. The number of carbonyl (C=O) groups is 3. The van der Waals surface area contributed by atoms with E-state index in [1.807, 2.05) is 0 Å². The van der Waals surface area contributed by atoms with Gasteiger partial charge in [-0.05, 0) is 48.9 Å². The van der Waals surface area contributed by atoms with E-state index in [2.05, 4.69) is 20.6 Å². The number of amides is 2. The van der Waals surface area contributed by atoms with Crippen molar-refractivity contribution in [1.82, 2.24) is 9.97 Å². The molecule has 2 amide bonds. The van der Waals surface area contributed by atoms with Gasteiger partial charge < -0.3 is 15.4 Å². The van der Waals surface area contributed by atoms with Crippen molar-refractivity contribution in [3.05, 3.63) is 88.7 Å². The van der Waals surface area contributed by atoms with Crippen LogP contribution >= 0.6 is 0 Å². The Hall–Kier alpha value is -4.53. The third kappa shape index (κ3) is 4.17. The molecule has 32 heavy (non-hydrogen) atoms. The number of benzene rings is 3. The molecule has 3 aromatic carbocycles. The van der Waals surface area contributed by atoms with E-state index in [1.54, 1.807) is 31.2 Å². The second-order valence-electron chi connectivity index (χ2n) is 7.06. The average Bonchev–Trinajstić information content (AvgIpc) is 3.16. The minimum absolute atomic E-state index is 0.0228. The summed E-state index contributed by atoms with van der Waals surface area (Å²) in [6, 6.07) is 15.2. The van der Waals surface area contributed by atoms with Crippen LogP contribution in [-0.4, -0.2) is 32.9 Å². The number of carboxylic acid groups (broad SMARTS) is 1. The highest BCUT2D eigenvalue weighted by atomic mass is 19.1. The molecular formula is C23H17FN4O4. The Balaban J connectivity index is 1.65. The van der Waals surface area contributed by atoms with E-state index >= 15 is 0 Å². The van der Waals surface area contributed by atoms with Crippen LogP contribution < -0.4 is 10.6 Å². The van der Waals surface area contributed by atoms with E-state index in [0.717, 1.165) is 5.56 Å². The first-order valence-corrected chi connectivity index (χ1v) is 9.53. The lowest BCUT2D eigenvalue weighted by Crippen LogP contribution is -2.17. The summed E-state index contributed by atoms with van der Waals surface area (Å²) in [5.74, 6) is -1.60. The molecule has 8 nitrogen and oxygen atoms in total. The van der Waals surface area contributed by atoms with E-state index in [0.29, 0.717) is 11.0 Å². The smallest absolute Gasteiger partial charge is 0.411 e. The minimum Gasteiger partial charge on any atom is -0.465 e. The monoisotopic (exact) mass is 432 g/mol. The molecule has 9 heteroatoms. The standard InChI is InChI=1S/C23H17FN4O4/c1-12-6-8-16(24)18(10-12)25-21(30)15-5-3-2-4-14(15)20(29)13-7-9-17-19(11-13)27-22(26-17)28-23(31)32/h2-11H,1H3,(H,25,30)(H,31,32)(H2,26,27,28). The molecule has 4 N–H and O–H groups in total. The van der Waals surface area contributed by atoms with E-state index in [4.69, 9.17) is 5.11 Å². The van der Waals surface area contributed by atoms with Gasteiger partial charge in [0.1, 0.15) is 5.82 Å². The summed E-state index contributed by atoms with van der Waals surface area (Å²) in [4.78, 5) is 43.7. The Bertz CT molecular complexity index is 1380. The van der Waals surface area contributed by atoms with Gasteiger partial charge in [0.25, 0.3) is 5.91 Å². The largest absolute Gasteiger partial charge is 0.465 e. The van der Waals surface area contributed by atoms with Gasteiger partial charge in [0.05, 0.1) is 22.3 Å². The van der Waals surface area contributed by atoms with E-state index in [9.17, 15) is 18.8 Å². The normalized spacial score (nSPS) is 10.7. The molecule has 0 aliphatic heterocycles. The van der Waals surface area contributed by atoms with Gasteiger partial charge in [-0.3, -0.25) is 14.9 Å². The summed E-state index contributed by atoms with van der Waals surface area (Å²) in [5, 5.41) is 13.4. The van der Waals surface area contributed by atoms with Crippen molar-refractivity contribution in [2.24, 2.45) is 0 Å². The first-order chi connectivity index (χ1) is 15.3. The van der Waals surface area contributed by atoms with Crippen LogP contribution in [-0.2, 0) is 0 Å². The Labute approximate surface area is 181 Å². The fraction of sp³-hybridized carbons (Fsp3) is 0.0435. The fourth-order valence-electron chi connectivity index (χ4n) is 3.27. The molecule has 0 bridgehead atoms. The molecule has 0 aliphatic carbocycles. The second-order valence-corrected chi connectivity index (χ2v) is 7.06. The highest BCUT2D eigenvalue weighted by Crippen LogP contribution is 2.22. The maximum atomic E-state index is 14.1. The summed E-state index contributed by atoms with van der Waals surface area (Å²) < 4.78 is 14.1. The summed E-state index contributed by atoms with van der Waals surface area (Å²) in [6.07, 6.45) is -1.27. The number of nitrogens with zero attached hydrogens (tertiary/aromatic N) is 1. The number of aromatic nitrogens is 2. The van der Waals surface area contributed by atoms with Crippen LogP contribution in [0.5, 0.6) is 0 Å². The van der Waals surface area contributed by atoms with Crippen molar-refractivity contribution in [2.75, 3.05) is 10.6 Å². The third-order valence-corrected chi connectivity index (χ3v) is 4.76. The molecule has 0 radical (unpaired) electrons. The minimum atomic E-state index is -1.27. The van der Waals surface area contributed by atoms with Crippen molar-refractivity contribution < 1.29 is 23.9 Å². The molecule has 0 atom stereocenters. The zero-order valence-corrected chi connectivity index (χ0v) is 16.8. The van der Waals surface area contributed by atoms with Crippen molar-refractivity contribution in [1.29, 1.82) is 0 Å². The zero-order valence-electron chi connectivity index (χ0n) is 16.8. The highest BCUT2D eigenvalue weighted by Gasteiger charge is 2.20. The maximum Gasteiger partial charge on any atom is 0.411 e. The number of imidazole rings is 1. The number of ketones is 1. The van der Waals surface area contributed by atoms with Gasteiger partial charge in [0, 0.05) is 11.1 Å². The molecule has 4 rings (SSSR count). The molecule has 0 fully saturated rings. The number of carbonyl (C=O) groups excluding carboxylic acids is 2. The van der Waals surface area contributed by atoms with Gasteiger partial charge in [-0.1, -0.05) is 24.3 Å². The lowest BCUT2D eigenvalue weighted by Gasteiger charge is -2.11. The molecule has 1 heterocycles. The molecular weight excluding hydrogens is 415 g/mol. The third-order valence-electron chi connectivity index (χ3n) is 4.76. The van der Waals surface area contributed by atoms with Crippen LogP contribution in [0.2, 0.25) is 0 Å². The lowest BCUT2D eigenvalue weighted by molar-refractivity contribution is 0.0996. The Morgan fingerprint density at radius 2 is 1.72 bits per heavy atom. The van der Waals surface area contributed by atoms with Crippen LogP contribution in [0.4, 0.5) is 20.8 Å². The van der Waals surface area contributed by atoms with E-state index in [-0.39, 0.29) is 28.3 Å². The quantitative estimate of drug-likeness (QED) is 0.344. The average molecular weight is 432 g/mol. The number of halogens is 1. The lowest BCUT2D eigenvalue weighted by atomic mass is 9.97. The van der Waals surface area contributed by atoms with Crippen molar-refractivity contribution in [2.45, 2.75) is 6.92 Å². The SMILES string of the molecule is Cc1ccc(F)c(NC(=O)c2ccccc2C(=O)c2ccc3nc(NC(=O)O)[nH]c3c2)c1. The Kier molecular flexibility index (Phi) is 5.38. The van der Waals surface area contributed by atoms with Crippen LogP contribution in [0.3, 0.4) is 0 Å². The topological polar surface area (TPSA) is 124 Å². The molecule has 0 saturated heterocycles. The molecule has 0 spiro atoms. The summed E-state index contributed by atoms with van der Waals surface area (Å²) in [5.41, 5.74) is 2.21. The number of aromatic amines is 1. The molecule has 0 saturated carbocycles. The summed E-state index contributed by atoms with van der Waals surface area (Å²) in [6.45, 7) is 1.77. The van der Waals surface area contributed by atoms with Crippen molar-refractivity contribution in [3.8, 4) is 0 Å². The zero-order chi connectivity index (χ0) is 22.8. The van der Waals surface area contributed by atoms with Gasteiger partial charge in [-0.2, -0.15) is 0 Å². The van der Waals surface area contributed by atoms with Gasteiger partial charge in [-0.25, -0.2) is 14.2 Å². The predicted molar refractivity (Wildman–Crippen MR) is 117 cm³/mol. The predicted octanol–water partition coefficient (Wildman–Crippen LogP) is 4.58. The van der Waals surface area contributed by atoms with E-state index in [1.165, 1.54) is 36.4 Å². The number of nitrogens with one attached hydrogen (secondary N) is 3. The molecule has 1 aromatic heterocycles. The Morgan fingerprint density at radius 3 is 2.47 bits per heavy atom. The van der Waals surface area contributed by atoms with Crippen LogP contribution in [0.15, 0.2) is 60.7 Å². The van der Waals surface area contributed by atoms with Gasteiger partial charge >= 0.3 is 6.09 Å². The number of H-pyrrole nitrogens is 1. The molecule has 0 unspecified atom stereocenters. The van der Waals surface area contributed by atoms with Crippen molar-refractivity contribution >= 4 is 40.5 Å². The number of hydrogen-bond acceptors (Lipinski definition) is 4. The number of hydrogen-bond donors (Lipinski definition) is 4. The van der Waals surface area contributed by atoms with Crippen LogP contribution in [0, 0.1) is 12.7 Å². The molecule has 160 valence electrons. The number of anilines is 2. The fourth-order valence-corrected chi connectivity index (χ4v) is 3.27. The Morgan fingerprint density at radius 1 is 0.969 bits per heavy atom. The number of rotatable bonds is 5. The first kappa shape index (κ1) is 20.7. The maximum absolute atomic E-state index is 14.1. The first-order valence-electron chi connectivity index (χ1n) is 9.53. The molecule has 0 aliphatic rings. The van der Waals surface area contributed by atoms with Crippen LogP contribution in [0.25, 0.3) is 11.0 Å². The van der Waals surface area contributed by atoms with E-state index < -0.39 is 23.6 Å². The van der Waals surface area contributed by atoms with Crippen molar-refractivity contribution in [3.63, 3.8) is 0 Å². The van der Waals surface area contributed by atoms with Gasteiger partial charge in [-0.15, -0.1) is 0 Å². The van der Waals surface area contributed by atoms with Crippen LogP contribution in [0.1, 0.15) is 31.8 Å². The highest BCUT2D eigenvalue weighted by molar-refractivity contribution is 6.18. The summed E-state index contributed by atoms with van der Waals surface area (Å²) in [7, 11) is 0. The van der Waals surface area contributed by atoms with Gasteiger partial charge in [0.2, 0.25) is 5.95 Å². The molecule has 4 aromatic rings.